The van der Waals surface area contributed by atoms with Crippen LogP contribution in [0.15, 0.2) is 23.3 Å². The predicted octanol–water partition coefficient (Wildman–Crippen LogP) is 3.74. The molecule has 4 N–H and O–H groups in total. The van der Waals surface area contributed by atoms with Gasteiger partial charge in [-0.3, -0.25) is 5.10 Å². The van der Waals surface area contributed by atoms with Crippen molar-refractivity contribution < 1.29 is 0 Å². The number of thiophene rings is 1. The van der Waals surface area contributed by atoms with Crippen LogP contribution in [-0.4, -0.2) is 22.1 Å². The van der Waals surface area contributed by atoms with Crippen molar-refractivity contribution in [1.82, 2.24) is 15.5 Å². The molecule has 2 aromatic rings. The number of aliphatic imine (C=N–C) groups is 1. The largest absolute Gasteiger partial charge is 0.387 e. The first-order valence-electron chi connectivity index (χ1n) is 8.41. The van der Waals surface area contributed by atoms with Crippen LogP contribution in [0.1, 0.15) is 49.9 Å². The minimum Gasteiger partial charge on any atom is -0.387 e. The summed E-state index contributed by atoms with van der Waals surface area (Å²) in [5, 5.41) is 10.9. The molecule has 6 heteroatoms. The maximum Gasteiger partial charge on any atom is 0.102 e. The van der Waals surface area contributed by atoms with E-state index >= 15 is 0 Å². The number of hydrogen-bond acceptors (Lipinski definition) is 5. The first kappa shape index (κ1) is 14.9. The van der Waals surface area contributed by atoms with E-state index in [1.54, 1.807) is 17.5 Å². The molecular weight excluding hydrogens is 306 g/mol. The number of hydrogen-bond donors (Lipinski definition) is 3. The highest BCUT2D eigenvalue weighted by Gasteiger charge is 2.28. The van der Waals surface area contributed by atoms with Crippen LogP contribution in [0.5, 0.6) is 0 Å². The predicted molar refractivity (Wildman–Crippen MR) is 95.1 cm³/mol. The maximum atomic E-state index is 6.09. The van der Waals surface area contributed by atoms with E-state index in [2.05, 4.69) is 33.5 Å². The summed E-state index contributed by atoms with van der Waals surface area (Å²) in [6, 6.07) is 5.02. The zero-order valence-electron chi connectivity index (χ0n) is 13.4. The smallest absolute Gasteiger partial charge is 0.102 e. The third kappa shape index (κ3) is 3.05. The van der Waals surface area contributed by atoms with Crippen LogP contribution >= 0.6 is 11.3 Å². The first-order valence-corrected chi connectivity index (χ1v) is 9.23. The van der Waals surface area contributed by atoms with Crippen molar-refractivity contribution in [2.45, 2.75) is 51.1 Å². The lowest BCUT2D eigenvalue weighted by Crippen LogP contribution is -2.38. The van der Waals surface area contributed by atoms with Gasteiger partial charge in [-0.05, 0) is 43.7 Å². The minimum atomic E-state index is 0.294. The van der Waals surface area contributed by atoms with E-state index in [0.717, 1.165) is 29.6 Å². The second-order valence-corrected chi connectivity index (χ2v) is 7.90. The van der Waals surface area contributed by atoms with Gasteiger partial charge in [0.05, 0.1) is 22.3 Å². The van der Waals surface area contributed by atoms with Crippen molar-refractivity contribution in [2.24, 2.45) is 16.6 Å². The Bertz CT molecular complexity index is 695. The van der Waals surface area contributed by atoms with Crippen molar-refractivity contribution in [3.63, 3.8) is 0 Å². The third-order valence-corrected chi connectivity index (χ3v) is 6.22. The Labute approximate surface area is 140 Å². The van der Waals surface area contributed by atoms with Crippen LogP contribution < -0.4 is 11.1 Å². The molecule has 2 aromatic heterocycles. The Balaban J connectivity index is 1.57. The van der Waals surface area contributed by atoms with E-state index in [-0.39, 0.29) is 0 Å². The minimum absolute atomic E-state index is 0.294. The number of rotatable bonds is 3. The Hall–Kier alpha value is -1.66. The van der Waals surface area contributed by atoms with E-state index in [0.29, 0.717) is 12.1 Å². The van der Waals surface area contributed by atoms with Crippen molar-refractivity contribution in [1.29, 1.82) is 0 Å². The number of fused-ring (bicyclic) bond motifs is 1. The van der Waals surface area contributed by atoms with Gasteiger partial charge in [-0.1, -0.05) is 6.92 Å². The summed E-state index contributed by atoms with van der Waals surface area (Å²) in [7, 11) is 0. The lowest BCUT2D eigenvalue weighted by Gasteiger charge is -2.31. The summed E-state index contributed by atoms with van der Waals surface area (Å²) < 4.78 is 0. The molecule has 23 heavy (non-hydrogen) atoms. The van der Waals surface area contributed by atoms with Gasteiger partial charge in [0.15, 0.2) is 0 Å². The number of aromatic amines is 1. The van der Waals surface area contributed by atoms with E-state index in [9.17, 15) is 0 Å². The number of nitrogens with two attached hydrogens (primary N) is 1. The Morgan fingerprint density at radius 2 is 2.13 bits per heavy atom. The quantitative estimate of drug-likeness (QED) is 0.802. The van der Waals surface area contributed by atoms with Crippen molar-refractivity contribution >= 4 is 22.9 Å². The van der Waals surface area contributed by atoms with Crippen LogP contribution in [-0.2, 0) is 0 Å². The summed E-state index contributed by atoms with van der Waals surface area (Å²) >= 11 is 1.80. The molecule has 1 unspecified atom stereocenters. The van der Waals surface area contributed by atoms with Gasteiger partial charge in [0.2, 0.25) is 0 Å². The molecular formula is C17H23N5S. The molecule has 5 nitrogen and oxygen atoms in total. The monoisotopic (exact) mass is 329 g/mol. The lowest BCUT2D eigenvalue weighted by atomic mass is 9.87. The summed E-state index contributed by atoms with van der Waals surface area (Å²) in [6.45, 7) is 2.36. The van der Waals surface area contributed by atoms with Gasteiger partial charge in [0.1, 0.15) is 5.84 Å². The molecule has 3 heterocycles. The highest BCUT2D eigenvalue weighted by Crippen LogP contribution is 2.43. The van der Waals surface area contributed by atoms with Crippen molar-refractivity contribution in [2.75, 3.05) is 0 Å². The summed E-state index contributed by atoms with van der Waals surface area (Å²) in [5.74, 6) is 1.60. The Morgan fingerprint density at radius 3 is 2.87 bits per heavy atom. The van der Waals surface area contributed by atoms with Gasteiger partial charge in [-0.15, -0.1) is 11.3 Å². The van der Waals surface area contributed by atoms with E-state index in [1.165, 1.54) is 35.4 Å². The summed E-state index contributed by atoms with van der Waals surface area (Å²) in [4.78, 5) is 7.05. The SMILES string of the molecule is CC1CCC(NC2CC(N)=Nc3cc(-c4ccn[nH]4)sc32)CC1. The Kier molecular flexibility index (Phi) is 3.95. The standard InChI is InChI=1S/C17H23N5S/c1-10-2-4-11(5-3-10)20-14-9-16(18)21-13-8-15(23-17(13)14)12-6-7-19-22-12/h6-8,10-11,14,20H,2-5,9H2,1H3,(H2,18,21)(H,19,22). The first-order chi connectivity index (χ1) is 11.2. The molecule has 1 aliphatic heterocycles. The molecule has 122 valence electrons. The highest BCUT2D eigenvalue weighted by atomic mass is 32.1. The molecule has 2 aliphatic rings. The van der Waals surface area contributed by atoms with Gasteiger partial charge in [-0.2, -0.15) is 5.10 Å². The molecule has 1 aliphatic carbocycles. The van der Waals surface area contributed by atoms with Gasteiger partial charge in [0, 0.05) is 23.5 Å². The fraction of sp³-hybridized carbons (Fsp3) is 0.529. The molecule has 1 atom stereocenters. The average Bonchev–Trinajstić information content (AvgIpc) is 3.18. The van der Waals surface area contributed by atoms with Crippen LogP contribution in [0, 0.1) is 5.92 Å². The van der Waals surface area contributed by atoms with Crippen molar-refractivity contribution in [3.05, 3.63) is 23.2 Å². The van der Waals surface area contributed by atoms with Gasteiger partial charge >= 0.3 is 0 Å². The van der Waals surface area contributed by atoms with Gasteiger partial charge in [-0.25, -0.2) is 4.99 Å². The van der Waals surface area contributed by atoms with Crippen molar-refractivity contribution in [3.8, 4) is 10.6 Å². The van der Waals surface area contributed by atoms with Crippen LogP contribution in [0.25, 0.3) is 10.6 Å². The zero-order valence-corrected chi connectivity index (χ0v) is 14.2. The van der Waals surface area contributed by atoms with Crippen LogP contribution in [0.3, 0.4) is 0 Å². The number of H-pyrrole nitrogens is 1. The fourth-order valence-corrected chi connectivity index (χ4v) is 4.74. The molecule has 0 radical (unpaired) electrons. The molecule has 1 fully saturated rings. The molecule has 0 saturated heterocycles. The second kappa shape index (κ2) is 6.09. The molecule has 0 amide bonds. The molecule has 1 saturated carbocycles. The third-order valence-electron chi connectivity index (χ3n) is 4.95. The van der Waals surface area contributed by atoms with Crippen LogP contribution in [0.4, 0.5) is 5.69 Å². The van der Waals surface area contributed by atoms with E-state index in [1.807, 2.05) is 6.07 Å². The molecule has 4 rings (SSSR count). The normalized spacial score (nSPS) is 27.5. The number of aromatic nitrogens is 2. The number of nitrogens with zero attached hydrogens (tertiary/aromatic N) is 2. The average molecular weight is 329 g/mol. The van der Waals surface area contributed by atoms with E-state index < -0.39 is 0 Å². The maximum absolute atomic E-state index is 6.09. The lowest BCUT2D eigenvalue weighted by molar-refractivity contribution is 0.289. The van der Waals surface area contributed by atoms with Gasteiger partial charge in [0.25, 0.3) is 0 Å². The molecule has 0 spiro atoms. The fourth-order valence-electron chi connectivity index (χ4n) is 3.61. The Morgan fingerprint density at radius 1 is 1.30 bits per heavy atom. The second-order valence-electron chi connectivity index (χ2n) is 6.81. The zero-order chi connectivity index (χ0) is 15.8. The van der Waals surface area contributed by atoms with Crippen LogP contribution in [0.2, 0.25) is 0 Å². The molecule has 0 aromatic carbocycles. The highest BCUT2D eigenvalue weighted by molar-refractivity contribution is 7.16. The summed E-state index contributed by atoms with van der Waals surface area (Å²) in [5.41, 5.74) is 8.15. The topological polar surface area (TPSA) is 79.1 Å². The molecule has 0 bridgehead atoms. The summed E-state index contributed by atoms with van der Waals surface area (Å²) in [6.07, 6.45) is 7.77. The number of nitrogens with one attached hydrogen (secondary N) is 2. The van der Waals surface area contributed by atoms with Gasteiger partial charge < -0.3 is 11.1 Å². The van der Waals surface area contributed by atoms with E-state index in [4.69, 9.17) is 5.73 Å². The number of amidine groups is 1.